The number of carbonyl (C=O) groups excluding carboxylic acids is 1. The molecular formula is C22H20ClNO3. The van der Waals surface area contributed by atoms with Crippen molar-refractivity contribution in [2.45, 2.75) is 13.0 Å². The molecule has 0 heterocycles. The number of ether oxygens (including phenoxy) is 1. The first kappa shape index (κ1) is 19.0. The van der Waals surface area contributed by atoms with Crippen LogP contribution in [0.4, 0.5) is 5.69 Å². The summed E-state index contributed by atoms with van der Waals surface area (Å²) in [5.74, 6) is 0.202. The van der Waals surface area contributed by atoms with Crippen molar-refractivity contribution < 1.29 is 14.6 Å². The summed E-state index contributed by atoms with van der Waals surface area (Å²) in [4.78, 5) is 12.8. The van der Waals surface area contributed by atoms with Gasteiger partial charge < -0.3 is 15.2 Å². The Labute approximate surface area is 163 Å². The van der Waals surface area contributed by atoms with Gasteiger partial charge in [0, 0.05) is 16.3 Å². The van der Waals surface area contributed by atoms with Gasteiger partial charge in [-0.05, 0) is 42.3 Å². The van der Waals surface area contributed by atoms with Crippen molar-refractivity contribution in [3.8, 4) is 5.75 Å². The van der Waals surface area contributed by atoms with Crippen LogP contribution >= 0.6 is 11.6 Å². The van der Waals surface area contributed by atoms with Crippen molar-refractivity contribution in [1.29, 1.82) is 0 Å². The van der Waals surface area contributed by atoms with Gasteiger partial charge in [0.2, 0.25) is 0 Å². The lowest BCUT2D eigenvalue weighted by Crippen LogP contribution is -2.16. The molecule has 1 amide bonds. The summed E-state index contributed by atoms with van der Waals surface area (Å²) in [5.41, 5.74) is 3.01. The Kier molecular flexibility index (Phi) is 5.79. The molecule has 2 N–H and O–H groups in total. The van der Waals surface area contributed by atoms with Crippen molar-refractivity contribution in [3.05, 3.63) is 94.0 Å². The van der Waals surface area contributed by atoms with E-state index in [1.54, 1.807) is 30.3 Å². The maximum Gasteiger partial charge on any atom is 0.259 e. The molecule has 0 saturated carbocycles. The number of benzene rings is 3. The third kappa shape index (κ3) is 4.13. The molecule has 1 atom stereocenters. The van der Waals surface area contributed by atoms with E-state index >= 15 is 0 Å². The number of hydrogen-bond acceptors (Lipinski definition) is 3. The minimum Gasteiger partial charge on any atom is -0.496 e. The van der Waals surface area contributed by atoms with Crippen molar-refractivity contribution in [2.24, 2.45) is 0 Å². The van der Waals surface area contributed by atoms with Gasteiger partial charge in [0.15, 0.2) is 0 Å². The fourth-order valence-electron chi connectivity index (χ4n) is 2.98. The van der Waals surface area contributed by atoms with Crippen molar-refractivity contribution in [3.63, 3.8) is 0 Å². The molecule has 0 spiro atoms. The van der Waals surface area contributed by atoms with Crippen molar-refractivity contribution in [2.75, 3.05) is 12.4 Å². The highest BCUT2D eigenvalue weighted by atomic mass is 35.5. The van der Waals surface area contributed by atoms with Gasteiger partial charge in [0.25, 0.3) is 5.91 Å². The van der Waals surface area contributed by atoms with Gasteiger partial charge in [-0.1, -0.05) is 54.1 Å². The van der Waals surface area contributed by atoms with E-state index in [1.165, 1.54) is 7.11 Å². The molecule has 3 rings (SSSR count). The van der Waals surface area contributed by atoms with Crippen LogP contribution in [-0.4, -0.2) is 18.1 Å². The number of amides is 1. The van der Waals surface area contributed by atoms with Gasteiger partial charge >= 0.3 is 0 Å². The molecule has 27 heavy (non-hydrogen) atoms. The molecule has 4 nitrogen and oxygen atoms in total. The zero-order valence-electron chi connectivity index (χ0n) is 15.1. The van der Waals surface area contributed by atoms with E-state index in [4.69, 9.17) is 16.3 Å². The predicted octanol–water partition coefficient (Wildman–Crippen LogP) is 4.99. The van der Waals surface area contributed by atoms with Crippen LogP contribution in [0.1, 0.15) is 33.2 Å². The highest BCUT2D eigenvalue weighted by Gasteiger charge is 2.19. The van der Waals surface area contributed by atoms with Gasteiger partial charge in [-0.15, -0.1) is 0 Å². The summed E-state index contributed by atoms with van der Waals surface area (Å²) in [5, 5.41) is 14.1. The van der Waals surface area contributed by atoms with Gasteiger partial charge in [0.05, 0.1) is 12.7 Å². The second-order valence-corrected chi connectivity index (χ2v) is 6.59. The molecule has 138 valence electrons. The lowest BCUT2D eigenvalue weighted by Gasteiger charge is -2.18. The van der Waals surface area contributed by atoms with E-state index in [2.05, 4.69) is 5.32 Å². The molecular weight excluding hydrogens is 362 g/mol. The molecule has 0 aliphatic heterocycles. The number of aliphatic hydroxyl groups is 1. The Morgan fingerprint density at radius 3 is 2.52 bits per heavy atom. The quantitative estimate of drug-likeness (QED) is 0.654. The molecule has 0 saturated heterocycles. The van der Waals surface area contributed by atoms with Crippen molar-refractivity contribution in [1.82, 2.24) is 0 Å². The predicted molar refractivity (Wildman–Crippen MR) is 108 cm³/mol. The van der Waals surface area contributed by atoms with Gasteiger partial charge in [0.1, 0.15) is 11.9 Å². The first-order valence-electron chi connectivity index (χ1n) is 8.48. The fraction of sp³-hybridized carbons (Fsp3) is 0.136. The number of methoxy groups -OCH3 is 1. The smallest absolute Gasteiger partial charge is 0.259 e. The summed E-state index contributed by atoms with van der Waals surface area (Å²) in [6, 6.07) is 19.6. The van der Waals surface area contributed by atoms with Crippen molar-refractivity contribution >= 4 is 23.2 Å². The molecule has 0 bridgehead atoms. The fourth-order valence-corrected chi connectivity index (χ4v) is 3.16. The minimum absolute atomic E-state index is 0.320. The average molecular weight is 382 g/mol. The van der Waals surface area contributed by atoms with Crippen LogP contribution in [0.25, 0.3) is 0 Å². The molecule has 0 unspecified atom stereocenters. The second kappa shape index (κ2) is 8.25. The summed E-state index contributed by atoms with van der Waals surface area (Å²) in [7, 11) is 1.53. The number of hydrogen-bond donors (Lipinski definition) is 2. The zero-order chi connectivity index (χ0) is 19.4. The molecule has 5 heteroatoms. The van der Waals surface area contributed by atoms with Crippen LogP contribution in [0.3, 0.4) is 0 Å². The zero-order valence-corrected chi connectivity index (χ0v) is 15.8. The van der Waals surface area contributed by atoms with E-state index in [0.717, 1.165) is 5.56 Å². The first-order valence-corrected chi connectivity index (χ1v) is 8.86. The number of halogens is 1. The summed E-state index contributed by atoms with van der Waals surface area (Å²) in [6.45, 7) is 1.88. The maximum absolute atomic E-state index is 12.8. The Bertz CT molecular complexity index is 957. The molecule has 3 aromatic carbocycles. The number of aryl methyl sites for hydroxylation is 1. The number of aliphatic hydroxyl groups excluding tert-OH is 1. The Balaban J connectivity index is 1.96. The van der Waals surface area contributed by atoms with Crippen LogP contribution in [0.15, 0.2) is 66.7 Å². The minimum atomic E-state index is -0.917. The topological polar surface area (TPSA) is 58.6 Å². The van der Waals surface area contributed by atoms with E-state index in [-0.39, 0.29) is 5.91 Å². The Morgan fingerprint density at radius 1 is 1.07 bits per heavy atom. The van der Waals surface area contributed by atoms with Crippen LogP contribution in [0, 0.1) is 6.92 Å². The monoisotopic (exact) mass is 381 g/mol. The number of carbonyl (C=O) groups is 1. The number of rotatable bonds is 5. The summed E-state index contributed by atoms with van der Waals surface area (Å²) in [6.07, 6.45) is -0.917. The van der Waals surface area contributed by atoms with Crippen LogP contribution < -0.4 is 10.1 Å². The molecule has 0 fully saturated rings. The summed E-state index contributed by atoms with van der Waals surface area (Å²) < 4.78 is 5.37. The lowest BCUT2D eigenvalue weighted by atomic mass is 9.99. The maximum atomic E-state index is 12.8. The third-order valence-electron chi connectivity index (χ3n) is 4.33. The average Bonchev–Trinajstić information content (AvgIpc) is 2.69. The SMILES string of the molecule is COc1c(C)cccc1C(=O)Nc1ccc(Cl)cc1[C@@H](O)c1ccccc1. The van der Waals surface area contributed by atoms with Gasteiger partial charge in [-0.25, -0.2) is 0 Å². The largest absolute Gasteiger partial charge is 0.496 e. The molecule has 0 aliphatic carbocycles. The number of para-hydroxylation sites is 1. The van der Waals surface area contributed by atoms with E-state index < -0.39 is 6.10 Å². The normalized spacial score (nSPS) is 11.7. The molecule has 3 aromatic rings. The van der Waals surface area contributed by atoms with E-state index in [0.29, 0.717) is 33.1 Å². The van der Waals surface area contributed by atoms with Crippen LogP contribution in [-0.2, 0) is 0 Å². The molecule has 0 aromatic heterocycles. The highest BCUT2D eigenvalue weighted by molar-refractivity contribution is 6.30. The standard InChI is InChI=1S/C22H20ClNO3/c1-14-7-6-10-17(21(14)27-2)22(26)24-19-12-11-16(23)13-18(19)20(25)15-8-4-3-5-9-15/h3-13,20,25H,1-2H3,(H,24,26)/t20-/m0/s1. The lowest BCUT2D eigenvalue weighted by molar-refractivity contribution is 0.102. The second-order valence-electron chi connectivity index (χ2n) is 6.15. The van der Waals surface area contributed by atoms with Gasteiger partial charge in [-0.2, -0.15) is 0 Å². The van der Waals surface area contributed by atoms with Gasteiger partial charge in [-0.3, -0.25) is 4.79 Å². The van der Waals surface area contributed by atoms with Crippen LogP contribution in [0.5, 0.6) is 5.75 Å². The number of nitrogens with one attached hydrogen (secondary N) is 1. The Morgan fingerprint density at radius 2 is 1.81 bits per heavy atom. The molecule has 0 radical (unpaired) electrons. The van der Waals surface area contributed by atoms with E-state index in [1.807, 2.05) is 43.3 Å². The number of anilines is 1. The molecule has 0 aliphatic rings. The third-order valence-corrected chi connectivity index (χ3v) is 4.57. The van der Waals surface area contributed by atoms with E-state index in [9.17, 15) is 9.90 Å². The highest BCUT2D eigenvalue weighted by Crippen LogP contribution is 2.32. The summed E-state index contributed by atoms with van der Waals surface area (Å²) >= 11 is 6.13. The van der Waals surface area contributed by atoms with Crippen LogP contribution in [0.2, 0.25) is 5.02 Å². The Hall–Kier alpha value is -2.82. The first-order chi connectivity index (χ1) is 13.0.